The van der Waals surface area contributed by atoms with E-state index in [9.17, 15) is 9.18 Å². The van der Waals surface area contributed by atoms with E-state index in [4.69, 9.17) is 0 Å². The Bertz CT molecular complexity index is 1050. The Labute approximate surface area is 167 Å². The van der Waals surface area contributed by atoms with Crippen LogP contribution in [0.1, 0.15) is 37.4 Å². The number of nitrogens with one attached hydrogen (secondary N) is 1. The minimum Gasteiger partial charge on any atom is -0.367 e. The summed E-state index contributed by atoms with van der Waals surface area (Å²) in [4.78, 5) is 19.5. The van der Waals surface area contributed by atoms with E-state index in [1.165, 1.54) is 21.9 Å². The molecule has 0 bridgehead atoms. The quantitative estimate of drug-likeness (QED) is 0.707. The number of aryl methyl sites for hydroxylation is 2. The third-order valence-corrected chi connectivity index (χ3v) is 5.84. The molecule has 0 amide bonds. The predicted octanol–water partition coefficient (Wildman–Crippen LogP) is 3.63. The van der Waals surface area contributed by atoms with Crippen molar-refractivity contribution in [3.8, 4) is 0 Å². The molecule has 1 aliphatic rings. The lowest BCUT2D eigenvalue weighted by molar-refractivity contribution is 0.518. The van der Waals surface area contributed by atoms with Gasteiger partial charge in [-0.2, -0.15) is 4.52 Å². The van der Waals surface area contributed by atoms with Crippen LogP contribution in [0.4, 0.5) is 15.2 Å². The highest BCUT2D eigenvalue weighted by atomic mass is 32.1. The van der Waals surface area contributed by atoms with Gasteiger partial charge in [0.15, 0.2) is 0 Å². The van der Waals surface area contributed by atoms with Crippen molar-refractivity contribution in [1.29, 1.82) is 0 Å². The van der Waals surface area contributed by atoms with Crippen LogP contribution in [-0.2, 0) is 6.42 Å². The van der Waals surface area contributed by atoms with Gasteiger partial charge in [0, 0.05) is 30.9 Å². The van der Waals surface area contributed by atoms with Gasteiger partial charge in [-0.25, -0.2) is 9.37 Å². The van der Waals surface area contributed by atoms with Crippen LogP contribution < -0.4 is 15.8 Å². The molecule has 1 aliphatic heterocycles. The Kier molecular flexibility index (Phi) is 5.30. The fourth-order valence-electron chi connectivity index (χ4n) is 3.65. The maximum Gasteiger partial charge on any atom is 0.275 e. The summed E-state index contributed by atoms with van der Waals surface area (Å²) in [5, 5.41) is 8.50. The van der Waals surface area contributed by atoms with Gasteiger partial charge in [-0.15, -0.1) is 5.10 Å². The molecule has 0 radical (unpaired) electrons. The maximum absolute atomic E-state index is 14.3. The SMILES string of the molecule is CCCc1cc(=O)n2nc(NC3CCCN(c4cc(C)ccc4F)C3)sc2n1. The smallest absolute Gasteiger partial charge is 0.275 e. The number of fused-ring (bicyclic) bond motifs is 1. The second kappa shape index (κ2) is 7.87. The van der Waals surface area contributed by atoms with Gasteiger partial charge in [-0.05, 0) is 43.9 Å². The Morgan fingerprint density at radius 1 is 1.36 bits per heavy atom. The number of aromatic nitrogens is 3. The van der Waals surface area contributed by atoms with Crippen LogP contribution in [-0.4, -0.2) is 33.7 Å². The van der Waals surface area contributed by atoms with Crippen molar-refractivity contribution >= 4 is 27.1 Å². The number of hydrogen-bond acceptors (Lipinski definition) is 6. The topological polar surface area (TPSA) is 62.5 Å². The van der Waals surface area contributed by atoms with Crippen molar-refractivity contribution in [3.05, 3.63) is 51.7 Å². The molecule has 28 heavy (non-hydrogen) atoms. The first kappa shape index (κ1) is 18.9. The highest BCUT2D eigenvalue weighted by Crippen LogP contribution is 2.26. The summed E-state index contributed by atoms with van der Waals surface area (Å²) in [6.07, 6.45) is 3.67. The Morgan fingerprint density at radius 2 is 2.21 bits per heavy atom. The second-order valence-corrected chi connectivity index (χ2v) is 8.28. The Balaban J connectivity index is 1.53. The number of rotatable bonds is 5. The molecule has 1 saturated heterocycles. The molecule has 1 unspecified atom stereocenters. The number of benzene rings is 1. The summed E-state index contributed by atoms with van der Waals surface area (Å²) < 4.78 is 15.6. The zero-order valence-corrected chi connectivity index (χ0v) is 16.9. The largest absolute Gasteiger partial charge is 0.367 e. The molecule has 2 aromatic heterocycles. The summed E-state index contributed by atoms with van der Waals surface area (Å²) in [6, 6.07) is 6.91. The van der Waals surface area contributed by atoms with Crippen LogP contribution in [0.5, 0.6) is 0 Å². The number of hydrogen-bond donors (Lipinski definition) is 1. The van der Waals surface area contributed by atoms with Gasteiger partial charge in [0.05, 0.1) is 5.69 Å². The van der Waals surface area contributed by atoms with Gasteiger partial charge in [-0.3, -0.25) is 4.79 Å². The van der Waals surface area contributed by atoms with Crippen LogP contribution in [0.25, 0.3) is 4.96 Å². The molecule has 6 nitrogen and oxygen atoms in total. The molecule has 3 aromatic rings. The molecular formula is C20H24FN5OS. The summed E-state index contributed by atoms with van der Waals surface area (Å²) in [6.45, 7) is 5.57. The molecule has 1 N–H and O–H groups in total. The van der Waals surface area contributed by atoms with Gasteiger partial charge >= 0.3 is 0 Å². The van der Waals surface area contributed by atoms with E-state index in [2.05, 4.69) is 27.2 Å². The van der Waals surface area contributed by atoms with Crippen molar-refractivity contribution < 1.29 is 4.39 Å². The second-order valence-electron chi connectivity index (χ2n) is 7.32. The van der Waals surface area contributed by atoms with Gasteiger partial charge in [0.25, 0.3) is 5.56 Å². The van der Waals surface area contributed by atoms with Crippen molar-refractivity contribution in [2.24, 2.45) is 0 Å². The van der Waals surface area contributed by atoms with Gasteiger partial charge in [0.1, 0.15) is 5.82 Å². The van der Waals surface area contributed by atoms with E-state index in [0.29, 0.717) is 22.3 Å². The molecule has 4 rings (SSSR count). The van der Waals surface area contributed by atoms with E-state index < -0.39 is 0 Å². The van der Waals surface area contributed by atoms with Crippen LogP contribution in [0.2, 0.25) is 0 Å². The number of piperidine rings is 1. The highest BCUT2D eigenvalue weighted by molar-refractivity contribution is 7.20. The van der Waals surface area contributed by atoms with E-state index >= 15 is 0 Å². The summed E-state index contributed by atoms with van der Waals surface area (Å²) >= 11 is 1.38. The standard InChI is InChI=1S/C20H24FN5OS/c1-3-5-14-11-18(27)26-20(23-14)28-19(24-26)22-15-6-4-9-25(12-15)17-10-13(2)7-8-16(17)21/h7-8,10-11,15H,3-6,9,12H2,1-2H3,(H,22,24). The molecule has 0 spiro atoms. The fourth-order valence-corrected chi connectivity index (χ4v) is 4.55. The molecule has 1 fully saturated rings. The number of halogens is 1. The molecule has 0 saturated carbocycles. The van der Waals surface area contributed by atoms with Crippen molar-refractivity contribution in [3.63, 3.8) is 0 Å². The van der Waals surface area contributed by atoms with E-state index in [1.807, 2.05) is 13.0 Å². The lowest BCUT2D eigenvalue weighted by atomic mass is 10.0. The maximum atomic E-state index is 14.3. The van der Waals surface area contributed by atoms with Crippen LogP contribution in [0, 0.1) is 12.7 Å². The summed E-state index contributed by atoms with van der Waals surface area (Å²) in [7, 11) is 0. The first-order chi connectivity index (χ1) is 13.5. The van der Waals surface area contributed by atoms with E-state index in [-0.39, 0.29) is 17.4 Å². The van der Waals surface area contributed by atoms with Crippen LogP contribution >= 0.6 is 11.3 Å². The third kappa shape index (κ3) is 3.87. The molecule has 1 aromatic carbocycles. The minimum absolute atomic E-state index is 0.139. The molecule has 3 heterocycles. The van der Waals surface area contributed by atoms with Crippen LogP contribution in [0.15, 0.2) is 29.1 Å². The lowest BCUT2D eigenvalue weighted by Gasteiger charge is -2.35. The Morgan fingerprint density at radius 3 is 3.04 bits per heavy atom. The molecule has 0 aliphatic carbocycles. The average Bonchev–Trinajstić information content (AvgIpc) is 3.07. The van der Waals surface area contributed by atoms with Crippen molar-refractivity contribution in [1.82, 2.24) is 14.6 Å². The van der Waals surface area contributed by atoms with Crippen molar-refractivity contribution in [2.75, 3.05) is 23.3 Å². The molecule has 1 atom stereocenters. The number of nitrogens with zero attached hydrogens (tertiary/aromatic N) is 4. The monoisotopic (exact) mass is 401 g/mol. The fraction of sp³-hybridized carbons (Fsp3) is 0.450. The van der Waals surface area contributed by atoms with Gasteiger partial charge < -0.3 is 10.2 Å². The molecule has 8 heteroatoms. The van der Waals surface area contributed by atoms with Gasteiger partial charge in [0.2, 0.25) is 10.1 Å². The summed E-state index contributed by atoms with van der Waals surface area (Å²) in [5.74, 6) is -0.189. The lowest BCUT2D eigenvalue weighted by Crippen LogP contribution is -2.42. The number of anilines is 2. The molecule has 148 valence electrons. The molecular weight excluding hydrogens is 377 g/mol. The van der Waals surface area contributed by atoms with Gasteiger partial charge in [-0.1, -0.05) is 30.7 Å². The van der Waals surface area contributed by atoms with E-state index in [1.54, 1.807) is 12.1 Å². The predicted molar refractivity (Wildman–Crippen MR) is 111 cm³/mol. The van der Waals surface area contributed by atoms with E-state index in [0.717, 1.165) is 43.5 Å². The zero-order valence-electron chi connectivity index (χ0n) is 16.1. The van der Waals surface area contributed by atoms with Crippen LogP contribution in [0.3, 0.4) is 0 Å². The minimum atomic E-state index is -0.189. The Hall–Kier alpha value is -2.48. The van der Waals surface area contributed by atoms with Crippen molar-refractivity contribution in [2.45, 2.75) is 45.6 Å². The first-order valence-electron chi connectivity index (χ1n) is 9.71. The average molecular weight is 402 g/mol. The summed E-state index contributed by atoms with van der Waals surface area (Å²) in [5.41, 5.74) is 2.36. The normalized spacial score (nSPS) is 17.2. The highest BCUT2D eigenvalue weighted by Gasteiger charge is 2.23. The third-order valence-electron chi connectivity index (χ3n) is 5.00. The first-order valence-corrected chi connectivity index (χ1v) is 10.5. The zero-order chi connectivity index (χ0) is 19.7.